The number of hydrogen-bond donors (Lipinski definition) is 4. The van der Waals surface area contributed by atoms with Crippen LogP contribution in [0.15, 0.2) is 36.0 Å². The molecule has 10 nitrogen and oxygen atoms in total. The van der Waals surface area contributed by atoms with Crippen molar-refractivity contribution in [1.29, 1.82) is 0 Å². The van der Waals surface area contributed by atoms with Crippen LogP contribution < -0.4 is 5.32 Å². The first-order valence-electron chi connectivity index (χ1n) is 17.6. The Balaban J connectivity index is 1.85. The number of methoxy groups -OCH3 is 1. The summed E-state index contributed by atoms with van der Waals surface area (Å²) in [5, 5.41) is 37.2. The van der Waals surface area contributed by atoms with Gasteiger partial charge in [-0.05, 0) is 64.5 Å². The highest BCUT2D eigenvalue weighted by Gasteiger charge is 2.54. The second-order valence-corrected chi connectivity index (χ2v) is 14.5. The van der Waals surface area contributed by atoms with E-state index < -0.39 is 41.5 Å². The van der Waals surface area contributed by atoms with Crippen LogP contribution in [0, 0.1) is 11.8 Å². The Kier molecular flexibility index (Phi) is 14.7. The van der Waals surface area contributed by atoms with E-state index in [0.29, 0.717) is 6.04 Å². The fraction of sp³-hybridized carbons (Fsp3) is 0.784. The summed E-state index contributed by atoms with van der Waals surface area (Å²) < 4.78 is 23.2. The average molecular weight is 664 g/mol. The van der Waals surface area contributed by atoms with Gasteiger partial charge in [0.05, 0.1) is 36.4 Å². The van der Waals surface area contributed by atoms with Gasteiger partial charge in [0.15, 0.2) is 0 Å². The number of rotatable bonds is 12. The third-order valence-corrected chi connectivity index (χ3v) is 10.2. The van der Waals surface area contributed by atoms with Gasteiger partial charge in [-0.3, -0.25) is 9.59 Å². The molecular weight excluding hydrogens is 602 g/mol. The first-order valence-corrected chi connectivity index (χ1v) is 17.6. The minimum atomic E-state index is -1.44. The Morgan fingerprint density at radius 1 is 1.19 bits per heavy atom. The highest BCUT2D eigenvalue weighted by atomic mass is 16.6. The van der Waals surface area contributed by atoms with Gasteiger partial charge in [0.2, 0.25) is 0 Å². The molecule has 4 N–H and O–H groups in total. The predicted molar refractivity (Wildman–Crippen MR) is 180 cm³/mol. The summed E-state index contributed by atoms with van der Waals surface area (Å²) in [7, 11) is 1.73. The highest BCUT2D eigenvalue weighted by Crippen LogP contribution is 2.39. The predicted octanol–water partition coefficient (Wildman–Crippen LogP) is 4.69. The van der Waals surface area contributed by atoms with Crippen LogP contribution in [-0.4, -0.2) is 94.3 Å². The second-order valence-electron chi connectivity index (χ2n) is 14.5. The molecular formula is C37H61NO9. The summed E-state index contributed by atoms with van der Waals surface area (Å²) in [6, 6.07) is -0.0171. The monoisotopic (exact) mass is 663 g/mol. The lowest BCUT2D eigenvalue weighted by atomic mass is 9.85. The molecule has 1 saturated heterocycles. The molecule has 0 aromatic carbocycles. The van der Waals surface area contributed by atoms with Gasteiger partial charge in [-0.15, -0.1) is 0 Å². The van der Waals surface area contributed by atoms with E-state index in [1.54, 1.807) is 45.3 Å². The molecule has 268 valence electrons. The molecule has 3 aliphatic rings. The van der Waals surface area contributed by atoms with Crippen molar-refractivity contribution >= 4 is 11.9 Å². The van der Waals surface area contributed by atoms with E-state index in [-0.39, 0.29) is 55.5 Å². The second kappa shape index (κ2) is 17.5. The lowest BCUT2D eigenvalue weighted by Gasteiger charge is -2.35. The normalized spacial score (nSPS) is 35.5. The molecule has 0 aromatic rings. The van der Waals surface area contributed by atoms with E-state index in [2.05, 4.69) is 19.2 Å². The Hall–Kier alpha value is -2.08. The van der Waals surface area contributed by atoms with Crippen LogP contribution in [0.2, 0.25) is 0 Å². The van der Waals surface area contributed by atoms with E-state index in [1.807, 2.05) is 19.9 Å². The maximum Gasteiger partial charge on any atom is 0.309 e. The van der Waals surface area contributed by atoms with Crippen LogP contribution in [0.1, 0.15) is 106 Å². The topological polar surface area (TPSA) is 147 Å². The van der Waals surface area contributed by atoms with Crippen molar-refractivity contribution in [2.24, 2.45) is 11.8 Å². The number of allylic oxidation sites excluding steroid dienone is 2. The first-order chi connectivity index (χ1) is 22.1. The number of aliphatic hydroxyl groups is 3. The molecule has 47 heavy (non-hydrogen) atoms. The lowest BCUT2D eigenvalue weighted by Crippen LogP contribution is -2.55. The molecule has 3 rings (SSSR count). The zero-order valence-electron chi connectivity index (χ0n) is 29.8. The number of nitrogens with one attached hydrogen (secondary N) is 1. The van der Waals surface area contributed by atoms with Gasteiger partial charge < -0.3 is 39.6 Å². The summed E-state index contributed by atoms with van der Waals surface area (Å²) in [6.07, 6.45) is 12.6. The van der Waals surface area contributed by atoms with Gasteiger partial charge in [-0.2, -0.15) is 0 Å². The summed E-state index contributed by atoms with van der Waals surface area (Å²) >= 11 is 0. The Labute approximate surface area is 282 Å². The van der Waals surface area contributed by atoms with E-state index in [1.165, 1.54) is 26.2 Å². The van der Waals surface area contributed by atoms with Crippen molar-refractivity contribution in [3.05, 3.63) is 36.0 Å². The van der Waals surface area contributed by atoms with Gasteiger partial charge in [-0.25, -0.2) is 0 Å². The quantitative estimate of drug-likeness (QED) is 0.100. The molecule has 0 radical (unpaired) electrons. The number of cyclic esters (lactones) is 1. The molecule has 0 spiro atoms. The number of carbonyl (C=O) groups is 2. The minimum absolute atomic E-state index is 0.0200. The van der Waals surface area contributed by atoms with E-state index in [4.69, 9.17) is 18.9 Å². The largest absolute Gasteiger partial charge is 0.457 e. The van der Waals surface area contributed by atoms with E-state index >= 15 is 0 Å². The van der Waals surface area contributed by atoms with Gasteiger partial charge in [0, 0.05) is 31.9 Å². The standard InChI is InChI=1S/C37H61NO9/c1-9-29(44-8)25(4)33-34(47-33)35(38-27-15-11-10-12-16-27)37(7,43)20-13-14-23(2)32-24(3)17-18-30(45-26(5)39)36(6,42)21-19-28(40)22-31(41)46-32/h13-14,17-18,20,24-25,27-30,32-35,38,40,42-43H,9-12,15-16,19,21-22H2,1-8H3/b18-17+,20-13+,23-14+/t24-,25+,28+,29-,30-,32?,33+,34-,35?,36+,37?/m0/s1. The molecule has 11 atom stereocenters. The first kappa shape index (κ1) is 39.4. The third kappa shape index (κ3) is 11.5. The lowest BCUT2D eigenvalue weighted by molar-refractivity contribution is -0.157. The van der Waals surface area contributed by atoms with Crippen molar-refractivity contribution in [2.75, 3.05) is 7.11 Å². The Bertz CT molecular complexity index is 1110. The van der Waals surface area contributed by atoms with Crippen molar-refractivity contribution in [1.82, 2.24) is 5.32 Å². The van der Waals surface area contributed by atoms with Crippen molar-refractivity contribution < 1.29 is 43.9 Å². The van der Waals surface area contributed by atoms with Gasteiger partial charge in [-0.1, -0.05) is 64.3 Å². The summed E-state index contributed by atoms with van der Waals surface area (Å²) in [5.41, 5.74) is -1.96. The number of carbonyl (C=O) groups excluding carboxylic acids is 2. The Morgan fingerprint density at radius 3 is 2.49 bits per heavy atom. The number of hydrogen-bond acceptors (Lipinski definition) is 10. The van der Waals surface area contributed by atoms with Crippen molar-refractivity contribution in [3.63, 3.8) is 0 Å². The summed E-state index contributed by atoms with van der Waals surface area (Å²) in [5.74, 6) is -1.26. The maximum atomic E-state index is 12.9. The fourth-order valence-corrected chi connectivity index (χ4v) is 7.13. The van der Waals surface area contributed by atoms with E-state index in [9.17, 15) is 24.9 Å². The third-order valence-electron chi connectivity index (χ3n) is 10.2. The summed E-state index contributed by atoms with van der Waals surface area (Å²) in [6.45, 7) is 12.6. The smallest absolute Gasteiger partial charge is 0.309 e. The van der Waals surface area contributed by atoms with Crippen LogP contribution in [0.25, 0.3) is 0 Å². The number of epoxide rings is 1. The zero-order chi connectivity index (χ0) is 34.9. The molecule has 0 bridgehead atoms. The van der Waals surface area contributed by atoms with Crippen LogP contribution in [-0.2, 0) is 28.5 Å². The van der Waals surface area contributed by atoms with Gasteiger partial charge >= 0.3 is 11.9 Å². The Morgan fingerprint density at radius 2 is 1.87 bits per heavy atom. The molecule has 10 heteroatoms. The fourth-order valence-electron chi connectivity index (χ4n) is 7.13. The number of esters is 2. The van der Waals surface area contributed by atoms with E-state index in [0.717, 1.165) is 24.8 Å². The van der Waals surface area contributed by atoms with Crippen molar-refractivity contribution in [2.45, 2.75) is 166 Å². The van der Waals surface area contributed by atoms with Gasteiger partial charge in [0.1, 0.15) is 23.9 Å². The highest BCUT2D eigenvalue weighted by molar-refractivity contribution is 5.70. The maximum absolute atomic E-state index is 12.9. The molecule has 2 heterocycles. The molecule has 3 unspecified atom stereocenters. The zero-order valence-corrected chi connectivity index (χ0v) is 29.8. The van der Waals surface area contributed by atoms with Crippen LogP contribution >= 0.6 is 0 Å². The van der Waals surface area contributed by atoms with Crippen LogP contribution in [0.3, 0.4) is 0 Å². The summed E-state index contributed by atoms with van der Waals surface area (Å²) in [4.78, 5) is 24.7. The molecule has 0 aromatic heterocycles. The van der Waals surface area contributed by atoms with Crippen LogP contribution in [0.5, 0.6) is 0 Å². The molecule has 2 aliphatic heterocycles. The van der Waals surface area contributed by atoms with Gasteiger partial charge in [0.25, 0.3) is 0 Å². The molecule has 1 saturated carbocycles. The van der Waals surface area contributed by atoms with Crippen molar-refractivity contribution in [3.8, 4) is 0 Å². The number of aliphatic hydroxyl groups excluding tert-OH is 1. The molecule has 2 fully saturated rings. The van der Waals surface area contributed by atoms with Crippen LogP contribution in [0.4, 0.5) is 0 Å². The SMILES string of the molecule is CC[C@H](OC)[C@@H](C)[C@H]1O[C@@H]1C(NC1CCCCC1)C(C)(O)/C=C/C=C(\C)C1OC(=O)C[C@H](O)CC[C@@](C)(O)[C@@H](OC(C)=O)/C=C/[C@@H]1C. The molecule has 1 aliphatic carbocycles. The average Bonchev–Trinajstić information content (AvgIpc) is 3.80. The minimum Gasteiger partial charge on any atom is -0.457 e. The number of ether oxygens (including phenoxy) is 4. The molecule has 0 amide bonds.